The van der Waals surface area contributed by atoms with Crippen LogP contribution in [0.5, 0.6) is 5.75 Å². The molecule has 0 aliphatic carbocycles. The summed E-state index contributed by atoms with van der Waals surface area (Å²) in [7, 11) is 1.62. The third-order valence-corrected chi connectivity index (χ3v) is 3.15. The van der Waals surface area contributed by atoms with Crippen molar-refractivity contribution in [2.75, 3.05) is 12.8 Å². The Bertz CT molecular complexity index is 446. The highest BCUT2D eigenvalue weighted by Gasteiger charge is 2.27. The molecule has 1 aromatic carbocycles. The summed E-state index contributed by atoms with van der Waals surface area (Å²) in [6.45, 7) is 1.93. The normalized spacial score (nSPS) is 19.2. The highest BCUT2D eigenvalue weighted by Crippen LogP contribution is 2.41. The largest absolute Gasteiger partial charge is 0.495 e. The van der Waals surface area contributed by atoms with Crippen LogP contribution in [0.15, 0.2) is 21.8 Å². The van der Waals surface area contributed by atoms with Gasteiger partial charge in [-0.2, -0.15) is 0 Å². The van der Waals surface area contributed by atoms with E-state index in [9.17, 15) is 0 Å². The molecule has 5 heteroatoms. The zero-order valence-electron chi connectivity index (χ0n) is 9.16. The molecule has 0 saturated carbocycles. The quantitative estimate of drug-likeness (QED) is 0.850. The molecule has 0 amide bonds. The standard InChI is InChI=1S/C11H13BrN2O2/c1-6-5-9(16-14-6)10-8(13)4-3-7(12)11(10)15-2/h3-4,9H,5,13H2,1-2H3. The molecule has 2 rings (SSSR count). The minimum Gasteiger partial charge on any atom is -0.495 e. The maximum absolute atomic E-state index is 5.96. The second kappa shape index (κ2) is 4.33. The van der Waals surface area contributed by atoms with Gasteiger partial charge >= 0.3 is 0 Å². The number of nitrogens with two attached hydrogens (primary N) is 1. The molecule has 1 aliphatic heterocycles. The first-order chi connectivity index (χ1) is 7.63. The van der Waals surface area contributed by atoms with E-state index in [0.717, 1.165) is 27.9 Å². The van der Waals surface area contributed by atoms with E-state index in [1.54, 1.807) is 7.11 Å². The molecule has 1 aliphatic rings. The highest BCUT2D eigenvalue weighted by molar-refractivity contribution is 9.10. The molecule has 1 heterocycles. The van der Waals surface area contributed by atoms with Crippen LogP contribution in [0.3, 0.4) is 0 Å². The van der Waals surface area contributed by atoms with Gasteiger partial charge in [-0.3, -0.25) is 0 Å². The number of hydrogen-bond acceptors (Lipinski definition) is 4. The maximum atomic E-state index is 5.96. The molecule has 86 valence electrons. The average Bonchev–Trinajstić information content (AvgIpc) is 2.67. The Morgan fingerprint density at radius 3 is 2.88 bits per heavy atom. The van der Waals surface area contributed by atoms with E-state index in [-0.39, 0.29) is 6.10 Å². The smallest absolute Gasteiger partial charge is 0.163 e. The van der Waals surface area contributed by atoms with Crippen molar-refractivity contribution in [2.24, 2.45) is 5.16 Å². The lowest BCUT2D eigenvalue weighted by Crippen LogP contribution is -2.05. The molecule has 0 saturated heterocycles. The Morgan fingerprint density at radius 1 is 1.56 bits per heavy atom. The molecule has 0 spiro atoms. The van der Waals surface area contributed by atoms with Crippen molar-refractivity contribution in [3.8, 4) is 5.75 Å². The van der Waals surface area contributed by atoms with E-state index < -0.39 is 0 Å². The summed E-state index contributed by atoms with van der Waals surface area (Å²) in [5.74, 6) is 0.718. The molecule has 1 unspecified atom stereocenters. The molecule has 16 heavy (non-hydrogen) atoms. The third-order valence-electron chi connectivity index (χ3n) is 2.52. The van der Waals surface area contributed by atoms with Crippen LogP contribution in [-0.2, 0) is 4.84 Å². The predicted octanol–water partition coefficient (Wildman–Crippen LogP) is 2.88. The van der Waals surface area contributed by atoms with E-state index in [2.05, 4.69) is 21.1 Å². The van der Waals surface area contributed by atoms with Crippen LogP contribution in [0.25, 0.3) is 0 Å². The number of anilines is 1. The van der Waals surface area contributed by atoms with Crippen molar-refractivity contribution < 1.29 is 9.57 Å². The average molecular weight is 285 g/mol. The SMILES string of the molecule is COc1c(Br)ccc(N)c1C1CC(C)=NO1. The minimum atomic E-state index is -0.146. The Labute approximate surface area is 103 Å². The van der Waals surface area contributed by atoms with Crippen LogP contribution < -0.4 is 10.5 Å². The van der Waals surface area contributed by atoms with Gasteiger partial charge in [-0.05, 0) is 35.0 Å². The van der Waals surface area contributed by atoms with Crippen LogP contribution in [0.2, 0.25) is 0 Å². The number of hydrogen-bond donors (Lipinski definition) is 1. The van der Waals surface area contributed by atoms with E-state index in [0.29, 0.717) is 5.69 Å². The van der Waals surface area contributed by atoms with E-state index >= 15 is 0 Å². The van der Waals surface area contributed by atoms with Crippen LogP contribution in [0, 0.1) is 0 Å². The van der Waals surface area contributed by atoms with E-state index in [4.69, 9.17) is 15.3 Å². The number of nitrogens with zero attached hydrogens (tertiary/aromatic N) is 1. The molecule has 0 radical (unpaired) electrons. The lowest BCUT2D eigenvalue weighted by Gasteiger charge is -2.16. The molecular weight excluding hydrogens is 272 g/mol. The molecule has 0 fully saturated rings. The van der Waals surface area contributed by atoms with Crippen molar-refractivity contribution >= 4 is 27.3 Å². The van der Waals surface area contributed by atoms with Gasteiger partial charge in [0, 0.05) is 12.1 Å². The molecule has 1 atom stereocenters. The van der Waals surface area contributed by atoms with Gasteiger partial charge in [0.25, 0.3) is 0 Å². The first-order valence-electron chi connectivity index (χ1n) is 4.94. The number of halogens is 1. The monoisotopic (exact) mass is 284 g/mol. The van der Waals surface area contributed by atoms with Crippen molar-refractivity contribution in [3.05, 3.63) is 22.2 Å². The fraction of sp³-hybridized carbons (Fsp3) is 0.364. The van der Waals surface area contributed by atoms with Gasteiger partial charge in [-0.1, -0.05) is 5.16 Å². The summed E-state index contributed by atoms with van der Waals surface area (Å²) in [4.78, 5) is 5.34. The van der Waals surface area contributed by atoms with Crippen LogP contribution >= 0.6 is 15.9 Å². The first kappa shape index (κ1) is 11.3. The zero-order valence-corrected chi connectivity index (χ0v) is 10.7. The highest BCUT2D eigenvalue weighted by atomic mass is 79.9. The summed E-state index contributed by atoms with van der Waals surface area (Å²) >= 11 is 3.43. The van der Waals surface area contributed by atoms with Gasteiger partial charge in [-0.15, -0.1) is 0 Å². The zero-order chi connectivity index (χ0) is 11.7. The summed E-state index contributed by atoms with van der Waals surface area (Å²) in [6.07, 6.45) is 0.601. The van der Waals surface area contributed by atoms with Gasteiger partial charge < -0.3 is 15.3 Å². The summed E-state index contributed by atoms with van der Waals surface area (Å²) < 4.78 is 6.21. The molecule has 0 bridgehead atoms. The minimum absolute atomic E-state index is 0.146. The van der Waals surface area contributed by atoms with Gasteiger partial charge in [0.05, 0.1) is 22.9 Å². The molecular formula is C11H13BrN2O2. The second-order valence-corrected chi connectivity index (χ2v) is 4.56. The van der Waals surface area contributed by atoms with Gasteiger partial charge in [0.2, 0.25) is 0 Å². The summed E-state index contributed by atoms with van der Waals surface area (Å²) in [5, 5.41) is 3.93. The number of benzene rings is 1. The summed E-state index contributed by atoms with van der Waals surface area (Å²) in [6, 6.07) is 3.69. The Hall–Kier alpha value is -1.23. The van der Waals surface area contributed by atoms with Gasteiger partial charge in [0.15, 0.2) is 6.10 Å². The van der Waals surface area contributed by atoms with Gasteiger partial charge in [0.1, 0.15) is 5.75 Å². The predicted molar refractivity (Wildman–Crippen MR) is 66.7 cm³/mol. The topological polar surface area (TPSA) is 56.8 Å². The summed E-state index contributed by atoms with van der Waals surface area (Å²) in [5.41, 5.74) is 8.44. The third kappa shape index (κ3) is 1.87. The Morgan fingerprint density at radius 2 is 2.31 bits per heavy atom. The van der Waals surface area contributed by atoms with E-state index in [1.807, 2.05) is 19.1 Å². The Balaban J connectivity index is 2.43. The Kier molecular flexibility index (Phi) is 3.05. The number of ether oxygens (including phenoxy) is 1. The molecule has 4 nitrogen and oxygen atoms in total. The molecule has 0 aromatic heterocycles. The van der Waals surface area contributed by atoms with Crippen molar-refractivity contribution in [1.82, 2.24) is 0 Å². The van der Waals surface area contributed by atoms with Gasteiger partial charge in [-0.25, -0.2) is 0 Å². The molecule has 2 N–H and O–H groups in total. The second-order valence-electron chi connectivity index (χ2n) is 3.71. The van der Waals surface area contributed by atoms with Crippen LogP contribution in [0.4, 0.5) is 5.69 Å². The first-order valence-corrected chi connectivity index (χ1v) is 5.74. The maximum Gasteiger partial charge on any atom is 0.163 e. The number of oxime groups is 1. The number of rotatable bonds is 2. The lowest BCUT2D eigenvalue weighted by molar-refractivity contribution is 0.0841. The van der Waals surface area contributed by atoms with Crippen molar-refractivity contribution in [3.63, 3.8) is 0 Å². The van der Waals surface area contributed by atoms with Crippen molar-refractivity contribution in [2.45, 2.75) is 19.4 Å². The van der Waals surface area contributed by atoms with Crippen molar-refractivity contribution in [1.29, 1.82) is 0 Å². The molecule has 1 aromatic rings. The number of methoxy groups -OCH3 is 1. The van der Waals surface area contributed by atoms with E-state index in [1.165, 1.54) is 0 Å². The lowest BCUT2D eigenvalue weighted by atomic mass is 10.0. The number of nitrogen functional groups attached to an aromatic ring is 1. The van der Waals surface area contributed by atoms with Crippen LogP contribution in [0.1, 0.15) is 25.0 Å². The fourth-order valence-corrected chi connectivity index (χ4v) is 2.29. The fourth-order valence-electron chi connectivity index (χ4n) is 1.78. The van der Waals surface area contributed by atoms with Crippen LogP contribution in [-0.4, -0.2) is 12.8 Å².